The normalized spacial score (nSPS) is 12.8. The van der Waals surface area contributed by atoms with Crippen molar-refractivity contribution in [1.29, 1.82) is 0 Å². The van der Waals surface area contributed by atoms with Crippen molar-refractivity contribution in [2.45, 2.75) is 12.3 Å². The van der Waals surface area contributed by atoms with Crippen LogP contribution in [0.5, 0.6) is 0 Å². The fourth-order valence-electron chi connectivity index (χ4n) is 2.22. The van der Waals surface area contributed by atoms with E-state index in [4.69, 9.17) is 23.2 Å². The zero-order valence-electron chi connectivity index (χ0n) is 10.6. The summed E-state index contributed by atoms with van der Waals surface area (Å²) in [5.41, 5.74) is 2.78. The van der Waals surface area contributed by atoms with E-state index in [-0.39, 0.29) is 5.38 Å². The zero-order chi connectivity index (χ0) is 14.3. The Morgan fingerprint density at radius 1 is 1.15 bits per heavy atom. The molecule has 1 aromatic heterocycles. The topological polar surface area (TPSA) is 17.8 Å². The van der Waals surface area contributed by atoms with E-state index in [1.807, 2.05) is 29.7 Å². The van der Waals surface area contributed by atoms with Crippen LogP contribution in [0.15, 0.2) is 42.5 Å². The van der Waals surface area contributed by atoms with Gasteiger partial charge in [0.05, 0.1) is 21.4 Å². The Labute approximate surface area is 140 Å². The van der Waals surface area contributed by atoms with Gasteiger partial charge in [-0.15, -0.1) is 11.6 Å². The number of fused-ring (bicyclic) bond motifs is 1. The number of benzene rings is 2. The van der Waals surface area contributed by atoms with E-state index in [0.29, 0.717) is 5.02 Å². The third-order valence-corrected chi connectivity index (χ3v) is 4.31. The molecule has 0 N–H and O–H groups in total. The molecule has 3 rings (SSSR count). The maximum Gasteiger partial charge on any atom is 0.132 e. The first kappa shape index (κ1) is 14.2. The van der Waals surface area contributed by atoms with Crippen LogP contribution in [0.25, 0.3) is 16.7 Å². The van der Waals surface area contributed by atoms with Gasteiger partial charge in [-0.05, 0) is 65.9 Å². The van der Waals surface area contributed by atoms with E-state index in [0.717, 1.165) is 22.5 Å². The summed E-state index contributed by atoms with van der Waals surface area (Å²) in [6.45, 7) is 1.92. The maximum atomic E-state index is 6.36. The highest BCUT2D eigenvalue weighted by Gasteiger charge is 2.18. The zero-order valence-corrected chi connectivity index (χ0v) is 14.3. The predicted octanol–water partition coefficient (Wildman–Crippen LogP) is 5.58. The molecule has 0 fully saturated rings. The van der Waals surface area contributed by atoms with Gasteiger partial charge in [-0.2, -0.15) is 0 Å². The number of alkyl halides is 1. The Kier molecular flexibility index (Phi) is 3.93. The fourth-order valence-corrected chi connectivity index (χ4v) is 2.98. The van der Waals surface area contributed by atoms with Crippen molar-refractivity contribution < 1.29 is 0 Å². The number of aromatic nitrogens is 2. The molecule has 0 aliphatic heterocycles. The monoisotopic (exact) mass is 416 g/mol. The molecule has 102 valence electrons. The standard InChI is InChI=1S/C15H11Cl2IN2/c1-9(16)15-19-13-4-2-3-12(17)14(13)20(15)11-7-5-10(18)6-8-11/h2-9H,1H3. The molecular formula is C15H11Cl2IN2. The van der Waals surface area contributed by atoms with E-state index in [9.17, 15) is 0 Å². The number of para-hydroxylation sites is 1. The van der Waals surface area contributed by atoms with Crippen LogP contribution in [0, 0.1) is 3.57 Å². The Balaban J connectivity index is 2.36. The third kappa shape index (κ3) is 2.43. The van der Waals surface area contributed by atoms with Crippen LogP contribution >= 0.6 is 45.8 Å². The fraction of sp³-hybridized carbons (Fsp3) is 0.133. The minimum Gasteiger partial charge on any atom is -0.294 e. The molecule has 0 amide bonds. The van der Waals surface area contributed by atoms with Gasteiger partial charge in [0.1, 0.15) is 5.82 Å². The minimum absolute atomic E-state index is 0.197. The first-order valence-electron chi connectivity index (χ1n) is 6.15. The van der Waals surface area contributed by atoms with Crippen molar-refractivity contribution in [2.24, 2.45) is 0 Å². The van der Waals surface area contributed by atoms with Gasteiger partial charge >= 0.3 is 0 Å². The summed E-state index contributed by atoms with van der Waals surface area (Å²) in [6, 6.07) is 13.9. The number of imidazole rings is 1. The molecule has 0 saturated heterocycles. The molecule has 1 heterocycles. The molecule has 0 radical (unpaired) electrons. The van der Waals surface area contributed by atoms with Gasteiger partial charge in [0.15, 0.2) is 0 Å². The largest absolute Gasteiger partial charge is 0.294 e. The highest BCUT2D eigenvalue weighted by Crippen LogP contribution is 2.32. The van der Waals surface area contributed by atoms with Crippen LogP contribution in [-0.2, 0) is 0 Å². The van der Waals surface area contributed by atoms with E-state index < -0.39 is 0 Å². The van der Waals surface area contributed by atoms with Crippen LogP contribution in [0.4, 0.5) is 0 Å². The Morgan fingerprint density at radius 3 is 2.50 bits per heavy atom. The highest BCUT2D eigenvalue weighted by atomic mass is 127. The Bertz CT molecular complexity index is 763. The molecule has 1 atom stereocenters. The van der Waals surface area contributed by atoms with Gasteiger partial charge in [-0.25, -0.2) is 4.98 Å². The van der Waals surface area contributed by atoms with Crippen LogP contribution in [0.2, 0.25) is 5.02 Å². The summed E-state index contributed by atoms with van der Waals surface area (Å²) in [4.78, 5) is 4.62. The van der Waals surface area contributed by atoms with Crippen LogP contribution in [0.3, 0.4) is 0 Å². The molecule has 0 saturated carbocycles. The van der Waals surface area contributed by atoms with Gasteiger partial charge in [-0.3, -0.25) is 4.57 Å². The predicted molar refractivity (Wildman–Crippen MR) is 93.1 cm³/mol. The van der Waals surface area contributed by atoms with Crippen LogP contribution in [-0.4, -0.2) is 9.55 Å². The summed E-state index contributed by atoms with van der Waals surface area (Å²) in [5.74, 6) is 0.802. The number of hydrogen-bond acceptors (Lipinski definition) is 1. The Hall–Kier alpha value is -0.780. The summed E-state index contributed by atoms with van der Waals surface area (Å²) >= 11 is 14.9. The molecule has 2 nitrogen and oxygen atoms in total. The molecule has 0 bridgehead atoms. The molecule has 5 heteroatoms. The van der Waals surface area contributed by atoms with Crippen LogP contribution in [0.1, 0.15) is 18.1 Å². The summed E-state index contributed by atoms with van der Waals surface area (Å²) in [5, 5.41) is 0.481. The lowest BCUT2D eigenvalue weighted by Crippen LogP contribution is -2.02. The van der Waals surface area contributed by atoms with Crippen molar-refractivity contribution in [3.63, 3.8) is 0 Å². The lowest BCUT2D eigenvalue weighted by Gasteiger charge is -2.11. The molecule has 2 aromatic carbocycles. The summed E-state index contributed by atoms with van der Waals surface area (Å²) < 4.78 is 3.22. The van der Waals surface area contributed by atoms with E-state index >= 15 is 0 Å². The van der Waals surface area contributed by atoms with Gasteiger partial charge in [0.2, 0.25) is 0 Å². The van der Waals surface area contributed by atoms with E-state index in [2.05, 4.69) is 51.8 Å². The Morgan fingerprint density at radius 2 is 1.85 bits per heavy atom. The third-order valence-electron chi connectivity index (χ3n) is 3.09. The van der Waals surface area contributed by atoms with Crippen molar-refractivity contribution >= 4 is 56.8 Å². The number of rotatable bonds is 2. The maximum absolute atomic E-state index is 6.36. The lowest BCUT2D eigenvalue weighted by atomic mass is 10.2. The number of nitrogens with zero attached hydrogens (tertiary/aromatic N) is 2. The molecule has 0 aliphatic rings. The van der Waals surface area contributed by atoms with Crippen molar-refractivity contribution in [3.8, 4) is 5.69 Å². The van der Waals surface area contributed by atoms with Gasteiger partial charge < -0.3 is 0 Å². The number of halogens is 3. The average molecular weight is 417 g/mol. The second-order valence-corrected chi connectivity index (χ2v) is 6.81. The highest BCUT2D eigenvalue weighted by molar-refractivity contribution is 14.1. The average Bonchev–Trinajstić information content (AvgIpc) is 2.81. The first-order chi connectivity index (χ1) is 9.58. The smallest absolute Gasteiger partial charge is 0.132 e. The van der Waals surface area contributed by atoms with Crippen LogP contribution < -0.4 is 0 Å². The second kappa shape index (κ2) is 5.54. The molecule has 3 aromatic rings. The van der Waals surface area contributed by atoms with Crippen molar-refractivity contribution in [3.05, 3.63) is 56.9 Å². The minimum atomic E-state index is -0.197. The van der Waals surface area contributed by atoms with Crippen molar-refractivity contribution in [2.75, 3.05) is 0 Å². The SMILES string of the molecule is CC(Cl)c1nc2cccc(Cl)c2n1-c1ccc(I)cc1. The molecule has 0 aliphatic carbocycles. The van der Waals surface area contributed by atoms with Crippen molar-refractivity contribution in [1.82, 2.24) is 9.55 Å². The quantitative estimate of drug-likeness (QED) is 0.393. The molecular weight excluding hydrogens is 406 g/mol. The first-order valence-corrected chi connectivity index (χ1v) is 8.04. The summed E-state index contributed by atoms with van der Waals surface area (Å²) in [6.07, 6.45) is 0. The number of hydrogen-bond donors (Lipinski definition) is 0. The molecule has 0 spiro atoms. The molecule has 20 heavy (non-hydrogen) atoms. The van der Waals surface area contributed by atoms with E-state index in [1.54, 1.807) is 0 Å². The molecule has 1 unspecified atom stereocenters. The van der Waals surface area contributed by atoms with E-state index in [1.165, 1.54) is 3.57 Å². The summed E-state index contributed by atoms with van der Waals surface area (Å²) in [7, 11) is 0. The second-order valence-electron chi connectivity index (χ2n) is 4.51. The van der Waals surface area contributed by atoms with Gasteiger partial charge in [0, 0.05) is 9.26 Å². The van der Waals surface area contributed by atoms with Gasteiger partial charge in [0.25, 0.3) is 0 Å². The van der Waals surface area contributed by atoms with Gasteiger partial charge in [-0.1, -0.05) is 17.7 Å². The lowest BCUT2D eigenvalue weighted by molar-refractivity contribution is 0.882.